The number of hydrogen-bond acceptors (Lipinski definition) is 5. The molecule has 0 spiro atoms. The summed E-state index contributed by atoms with van der Waals surface area (Å²) in [6.07, 6.45) is -0.500. The summed E-state index contributed by atoms with van der Waals surface area (Å²) < 4.78 is 18.2. The van der Waals surface area contributed by atoms with E-state index in [1.54, 1.807) is 19.2 Å². The molecule has 0 atom stereocenters. The van der Waals surface area contributed by atoms with Crippen molar-refractivity contribution in [3.05, 3.63) is 81.8 Å². The van der Waals surface area contributed by atoms with Crippen molar-refractivity contribution in [2.24, 2.45) is 0 Å². The lowest BCUT2D eigenvalue weighted by Crippen LogP contribution is -2.30. The van der Waals surface area contributed by atoms with Gasteiger partial charge in [0.25, 0.3) is 0 Å². The molecule has 154 valence electrons. The molecule has 0 unspecified atom stereocenters. The van der Waals surface area contributed by atoms with Crippen LogP contribution in [-0.4, -0.2) is 17.5 Å². The third-order valence-electron chi connectivity index (χ3n) is 4.37. The Hall–Kier alpha value is -2.54. The number of hydrogen-bond donors (Lipinski definition) is 0. The lowest BCUT2D eigenvalue weighted by Gasteiger charge is -2.27. The van der Waals surface area contributed by atoms with Gasteiger partial charge in [-0.05, 0) is 47.3 Å². The van der Waals surface area contributed by atoms with Gasteiger partial charge in [0.2, 0.25) is 0 Å². The molecule has 1 amide bonds. The van der Waals surface area contributed by atoms with E-state index in [1.807, 2.05) is 48.5 Å². The van der Waals surface area contributed by atoms with Gasteiger partial charge >= 0.3 is 6.09 Å². The van der Waals surface area contributed by atoms with Crippen LogP contribution in [0.4, 0.5) is 4.79 Å². The third-order valence-corrected chi connectivity index (χ3v) is 5.86. The van der Waals surface area contributed by atoms with E-state index >= 15 is 0 Å². The molecule has 1 aliphatic rings. The van der Waals surface area contributed by atoms with Crippen molar-refractivity contribution in [1.82, 2.24) is 4.31 Å². The van der Waals surface area contributed by atoms with Gasteiger partial charge in [-0.25, -0.2) is 9.10 Å². The van der Waals surface area contributed by atoms with Gasteiger partial charge in [0.1, 0.15) is 6.61 Å². The molecule has 0 bridgehead atoms. The molecule has 8 heteroatoms. The predicted octanol–water partition coefficient (Wildman–Crippen LogP) is 6.60. The van der Waals surface area contributed by atoms with E-state index in [4.69, 9.17) is 37.4 Å². The van der Waals surface area contributed by atoms with Gasteiger partial charge in [0, 0.05) is 5.02 Å². The van der Waals surface area contributed by atoms with Crippen LogP contribution in [0.5, 0.6) is 17.2 Å². The summed E-state index contributed by atoms with van der Waals surface area (Å²) >= 11 is 13.4. The average molecular weight is 462 g/mol. The first-order chi connectivity index (χ1) is 14.5. The molecule has 1 aliphatic heterocycles. The molecule has 0 saturated carbocycles. The summed E-state index contributed by atoms with van der Waals surface area (Å²) in [6, 6.07) is 18.7. The van der Waals surface area contributed by atoms with Gasteiger partial charge in [-0.3, -0.25) is 0 Å². The summed E-state index contributed by atoms with van der Waals surface area (Å²) in [5.74, 6) is 1.54. The van der Waals surface area contributed by atoms with E-state index < -0.39 is 6.09 Å². The highest BCUT2D eigenvalue weighted by atomic mass is 35.5. The second-order valence-corrected chi connectivity index (χ2v) is 8.38. The highest BCUT2D eigenvalue weighted by molar-refractivity contribution is 7.97. The molecule has 3 aromatic carbocycles. The first-order valence-corrected chi connectivity index (χ1v) is 10.6. The second kappa shape index (κ2) is 9.08. The van der Waals surface area contributed by atoms with E-state index in [0.29, 0.717) is 45.3 Å². The van der Waals surface area contributed by atoms with Crippen LogP contribution in [0, 0.1) is 0 Å². The van der Waals surface area contributed by atoms with E-state index in [0.717, 1.165) is 11.1 Å². The second-order valence-electron chi connectivity index (χ2n) is 6.47. The van der Waals surface area contributed by atoms with Crippen LogP contribution in [0.1, 0.15) is 11.1 Å². The Morgan fingerprint density at radius 3 is 2.57 bits per heavy atom. The van der Waals surface area contributed by atoms with Crippen molar-refractivity contribution < 1.29 is 19.0 Å². The average Bonchev–Trinajstić information content (AvgIpc) is 2.74. The lowest BCUT2D eigenvalue weighted by atomic mass is 10.2. The molecule has 0 N–H and O–H groups in total. The van der Waals surface area contributed by atoms with Crippen LogP contribution in [0.3, 0.4) is 0 Å². The number of nitrogens with zero attached hydrogens (tertiary/aromatic N) is 1. The molecule has 3 aromatic rings. The summed E-state index contributed by atoms with van der Waals surface area (Å²) in [6.45, 7) is 0.742. The maximum atomic E-state index is 12.4. The van der Waals surface area contributed by atoms with Gasteiger partial charge in [0.15, 0.2) is 17.2 Å². The van der Waals surface area contributed by atoms with Crippen molar-refractivity contribution >= 4 is 41.2 Å². The Morgan fingerprint density at radius 2 is 1.80 bits per heavy atom. The topological polar surface area (TPSA) is 48.0 Å². The maximum Gasteiger partial charge on any atom is 0.426 e. The smallest absolute Gasteiger partial charge is 0.426 e. The fourth-order valence-electron chi connectivity index (χ4n) is 2.93. The lowest BCUT2D eigenvalue weighted by molar-refractivity contribution is 0.176. The monoisotopic (exact) mass is 461 g/mol. The van der Waals surface area contributed by atoms with Crippen molar-refractivity contribution in [3.8, 4) is 17.2 Å². The predicted molar refractivity (Wildman–Crippen MR) is 118 cm³/mol. The van der Waals surface area contributed by atoms with Crippen LogP contribution in [-0.2, 0) is 13.2 Å². The molecule has 0 aromatic heterocycles. The third kappa shape index (κ3) is 4.61. The van der Waals surface area contributed by atoms with E-state index in [-0.39, 0.29) is 0 Å². The Labute approximate surface area is 188 Å². The summed E-state index contributed by atoms with van der Waals surface area (Å²) in [5, 5.41) is 0.783. The molecule has 0 saturated heterocycles. The van der Waals surface area contributed by atoms with Crippen LogP contribution in [0.2, 0.25) is 10.0 Å². The molecular weight excluding hydrogens is 445 g/mol. The number of carbonyl (C=O) groups is 1. The zero-order valence-corrected chi connectivity index (χ0v) is 18.3. The highest BCUT2D eigenvalue weighted by Crippen LogP contribution is 2.44. The molecule has 0 radical (unpaired) electrons. The van der Waals surface area contributed by atoms with Gasteiger partial charge in [-0.15, -0.1) is 0 Å². The van der Waals surface area contributed by atoms with Gasteiger partial charge in [0.05, 0.1) is 23.6 Å². The van der Waals surface area contributed by atoms with E-state index in [9.17, 15) is 4.79 Å². The Kier molecular flexibility index (Phi) is 6.27. The van der Waals surface area contributed by atoms with Crippen LogP contribution in [0.15, 0.2) is 65.6 Å². The minimum absolute atomic E-state index is 0.305. The maximum absolute atomic E-state index is 12.4. The number of methoxy groups -OCH3 is 1. The van der Waals surface area contributed by atoms with Crippen molar-refractivity contribution in [1.29, 1.82) is 0 Å². The van der Waals surface area contributed by atoms with Gasteiger partial charge in [-0.1, -0.05) is 59.6 Å². The summed E-state index contributed by atoms with van der Waals surface area (Å²) in [4.78, 5) is 13.1. The first-order valence-electron chi connectivity index (χ1n) is 9.03. The molecule has 4 rings (SSSR count). The normalized spacial score (nSPS) is 12.9. The van der Waals surface area contributed by atoms with Crippen molar-refractivity contribution in [2.45, 2.75) is 18.0 Å². The summed E-state index contributed by atoms with van der Waals surface area (Å²) in [7, 11) is 1.58. The molecule has 1 heterocycles. The van der Waals surface area contributed by atoms with Crippen LogP contribution >= 0.6 is 35.1 Å². The zero-order valence-electron chi connectivity index (χ0n) is 15.9. The number of carbonyl (C=O) groups excluding carboxylic acids is 1. The number of ether oxygens (including phenoxy) is 3. The molecule has 0 fully saturated rings. The van der Waals surface area contributed by atoms with E-state index in [1.165, 1.54) is 16.3 Å². The highest BCUT2D eigenvalue weighted by Gasteiger charge is 2.29. The Morgan fingerprint density at radius 1 is 1.00 bits per heavy atom. The Balaban J connectivity index is 1.48. The number of benzene rings is 3. The number of amides is 1. The number of fused-ring (bicyclic) bond motifs is 1. The molecular formula is C22H17Cl2NO4S. The minimum atomic E-state index is -0.500. The largest absolute Gasteiger partial charge is 0.493 e. The molecule has 0 aliphatic carbocycles. The van der Waals surface area contributed by atoms with Gasteiger partial charge < -0.3 is 14.2 Å². The van der Waals surface area contributed by atoms with Crippen LogP contribution in [0.25, 0.3) is 0 Å². The summed E-state index contributed by atoms with van der Waals surface area (Å²) in [5.41, 5.74) is 1.92. The molecule has 30 heavy (non-hydrogen) atoms. The SMILES string of the molecule is COc1cc(CN2Sc3cc(Cl)cc(Cl)c3OC2=O)ccc1OCc1ccccc1. The Bertz CT molecular complexity index is 1080. The first kappa shape index (κ1) is 20.7. The molecule has 5 nitrogen and oxygen atoms in total. The fourth-order valence-corrected chi connectivity index (χ4v) is 4.56. The van der Waals surface area contributed by atoms with Crippen molar-refractivity contribution in [2.75, 3.05) is 7.11 Å². The van der Waals surface area contributed by atoms with Crippen LogP contribution < -0.4 is 14.2 Å². The fraction of sp³-hybridized carbons (Fsp3) is 0.136. The number of halogens is 2. The van der Waals surface area contributed by atoms with E-state index in [2.05, 4.69) is 0 Å². The zero-order chi connectivity index (χ0) is 21.1. The van der Waals surface area contributed by atoms with Gasteiger partial charge in [-0.2, -0.15) is 0 Å². The minimum Gasteiger partial charge on any atom is -0.493 e. The standard InChI is InChI=1S/C22H17Cl2NO4S/c1-27-19-9-15(7-8-18(19)28-13-14-5-3-2-4-6-14)12-25-22(26)29-21-17(24)10-16(23)11-20(21)30-25/h2-11H,12-13H2,1H3. The quantitative estimate of drug-likeness (QED) is 0.386. The van der Waals surface area contributed by atoms with Crippen molar-refractivity contribution in [3.63, 3.8) is 0 Å². The number of rotatable bonds is 6.